The molecule has 0 spiro atoms. The Bertz CT molecular complexity index is 695. The van der Waals surface area contributed by atoms with Crippen LogP contribution in [0.5, 0.6) is 0 Å². The lowest BCUT2D eigenvalue weighted by Crippen LogP contribution is -2.12. The summed E-state index contributed by atoms with van der Waals surface area (Å²) in [6.07, 6.45) is 0. The molecule has 0 atom stereocenters. The highest BCUT2D eigenvalue weighted by Gasteiger charge is 2.08. The van der Waals surface area contributed by atoms with Crippen molar-refractivity contribution in [3.8, 4) is 0 Å². The van der Waals surface area contributed by atoms with E-state index in [1.165, 1.54) is 0 Å². The molecule has 2 nitrogen and oxygen atoms in total. The molecule has 2 heteroatoms. The van der Waals surface area contributed by atoms with Crippen molar-refractivity contribution >= 4 is 17.1 Å². The van der Waals surface area contributed by atoms with E-state index in [0.717, 1.165) is 22.6 Å². The number of nitrogens with zero attached hydrogens (tertiary/aromatic N) is 2. The van der Waals surface area contributed by atoms with Gasteiger partial charge in [-0.05, 0) is 36.8 Å². The number of hydrogen-bond donors (Lipinski definition) is 0. The van der Waals surface area contributed by atoms with Crippen molar-refractivity contribution in [2.75, 3.05) is 5.01 Å². The highest BCUT2D eigenvalue weighted by atomic mass is 15.5. The molecule has 3 aromatic rings. The van der Waals surface area contributed by atoms with Crippen molar-refractivity contribution in [2.45, 2.75) is 6.92 Å². The van der Waals surface area contributed by atoms with Crippen LogP contribution in [-0.4, -0.2) is 5.71 Å². The van der Waals surface area contributed by atoms with Crippen molar-refractivity contribution in [1.82, 2.24) is 0 Å². The number of benzene rings is 3. The summed E-state index contributed by atoms with van der Waals surface area (Å²) in [6, 6.07) is 30.6. The van der Waals surface area contributed by atoms with Crippen LogP contribution in [0.3, 0.4) is 0 Å². The van der Waals surface area contributed by atoms with Gasteiger partial charge in [0.15, 0.2) is 0 Å². The Hall–Kier alpha value is -2.87. The predicted molar refractivity (Wildman–Crippen MR) is 93.7 cm³/mol. The molecule has 0 aromatic heterocycles. The fourth-order valence-corrected chi connectivity index (χ4v) is 2.29. The van der Waals surface area contributed by atoms with E-state index in [1.807, 2.05) is 66.5 Å². The maximum absolute atomic E-state index is 4.84. The lowest BCUT2D eigenvalue weighted by Gasteiger charge is -2.20. The zero-order chi connectivity index (χ0) is 15.2. The van der Waals surface area contributed by atoms with Crippen molar-refractivity contribution < 1.29 is 0 Å². The summed E-state index contributed by atoms with van der Waals surface area (Å²) in [5, 5.41) is 6.81. The summed E-state index contributed by atoms with van der Waals surface area (Å²) < 4.78 is 0. The first kappa shape index (κ1) is 14.1. The molecule has 0 amide bonds. The molecule has 0 heterocycles. The van der Waals surface area contributed by atoms with Gasteiger partial charge in [-0.1, -0.05) is 66.7 Å². The third-order valence-electron chi connectivity index (χ3n) is 3.44. The van der Waals surface area contributed by atoms with Gasteiger partial charge in [0.25, 0.3) is 0 Å². The molecule has 3 aromatic carbocycles. The van der Waals surface area contributed by atoms with Crippen LogP contribution >= 0.6 is 0 Å². The van der Waals surface area contributed by atoms with Gasteiger partial charge in [-0.25, -0.2) is 5.01 Å². The van der Waals surface area contributed by atoms with E-state index in [1.54, 1.807) is 0 Å². The highest BCUT2D eigenvalue weighted by molar-refractivity contribution is 5.99. The molecule has 108 valence electrons. The van der Waals surface area contributed by atoms with Gasteiger partial charge in [-0.2, -0.15) is 5.10 Å². The summed E-state index contributed by atoms with van der Waals surface area (Å²) in [6.45, 7) is 2.04. The molecule has 22 heavy (non-hydrogen) atoms. The number of anilines is 2. The second-order valence-corrected chi connectivity index (χ2v) is 5.03. The Labute approximate surface area is 131 Å². The highest BCUT2D eigenvalue weighted by Crippen LogP contribution is 2.25. The molecule has 0 saturated carbocycles. The van der Waals surface area contributed by atoms with Crippen LogP contribution in [0.15, 0.2) is 96.1 Å². The van der Waals surface area contributed by atoms with Gasteiger partial charge in [0.05, 0.1) is 17.1 Å². The zero-order valence-corrected chi connectivity index (χ0v) is 12.6. The van der Waals surface area contributed by atoms with Crippen LogP contribution in [0, 0.1) is 0 Å². The normalized spacial score (nSPS) is 11.2. The van der Waals surface area contributed by atoms with E-state index >= 15 is 0 Å². The number of hydrazone groups is 1. The summed E-state index contributed by atoms with van der Waals surface area (Å²) in [5.41, 5.74) is 4.20. The molecule has 0 aliphatic heterocycles. The number of rotatable bonds is 4. The summed E-state index contributed by atoms with van der Waals surface area (Å²) in [7, 11) is 0. The quantitative estimate of drug-likeness (QED) is 0.472. The lowest BCUT2D eigenvalue weighted by molar-refractivity contribution is 1.08. The van der Waals surface area contributed by atoms with E-state index in [0.29, 0.717) is 0 Å². The molecule has 0 aliphatic carbocycles. The van der Waals surface area contributed by atoms with Crippen LogP contribution in [0.4, 0.5) is 11.4 Å². The molecule has 0 radical (unpaired) electrons. The van der Waals surface area contributed by atoms with E-state index in [-0.39, 0.29) is 0 Å². The molecule has 0 bridgehead atoms. The Morgan fingerprint density at radius 2 is 1.05 bits per heavy atom. The van der Waals surface area contributed by atoms with E-state index in [9.17, 15) is 0 Å². The second-order valence-electron chi connectivity index (χ2n) is 5.03. The first-order chi connectivity index (χ1) is 10.8. The van der Waals surface area contributed by atoms with Crippen LogP contribution in [0.25, 0.3) is 0 Å². The Balaban J connectivity index is 2.03. The molecule has 0 fully saturated rings. The first-order valence-corrected chi connectivity index (χ1v) is 7.35. The predicted octanol–water partition coefficient (Wildman–Crippen LogP) is 5.25. The standard InChI is InChI=1S/C20H18N2/c1-17(18-11-5-2-6-12-18)21-22(19-13-7-3-8-14-19)20-15-9-4-10-16-20/h2-16H,1H3/b21-17+. The van der Waals surface area contributed by atoms with Crippen molar-refractivity contribution in [2.24, 2.45) is 5.10 Å². The van der Waals surface area contributed by atoms with Gasteiger partial charge in [-0.3, -0.25) is 0 Å². The Kier molecular flexibility index (Phi) is 4.30. The molecule has 0 aliphatic rings. The van der Waals surface area contributed by atoms with Gasteiger partial charge in [0.2, 0.25) is 0 Å². The van der Waals surface area contributed by atoms with Crippen LogP contribution in [-0.2, 0) is 0 Å². The summed E-state index contributed by atoms with van der Waals surface area (Å²) in [5.74, 6) is 0. The van der Waals surface area contributed by atoms with Crippen molar-refractivity contribution in [1.29, 1.82) is 0 Å². The Morgan fingerprint density at radius 3 is 1.50 bits per heavy atom. The van der Waals surface area contributed by atoms with Crippen molar-refractivity contribution in [3.63, 3.8) is 0 Å². The maximum Gasteiger partial charge on any atom is 0.0655 e. The number of hydrogen-bond acceptors (Lipinski definition) is 2. The molecule has 0 saturated heterocycles. The maximum atomic E-state index is 4.84. The largest absolute Gasteiger partial charge is 0.234 e. The van der Waals surface area contributed by atoms with Crippen LogP contribution in [0.1, 0.15) is 12.5 Å². The molecule has 0 N–H and O–H groups in total. The summed E-state index contributed by atoms with van der Waals surface area (Å²) >= 11 is 0. The Morgan fingerprint density at radius 1 is 0.636 bits per heavy atom. The van der Waals surface area contributed by atoms with E-state index < -0.39 is 0 Å². The third-order valence-corrected chi connectivity index (χ3v) is 3.44. The average Bonchev–Trinajstić information content (AvgIpc) is 2.62. The van der Waals surface area contributed by atoms with Gasteiger partial charge >= 0.3 is 0 Å². The van der Waals surface area contributed by atoms with E-state index in [2.05, 4.69) is 36.4 Å². The fraction of sp³-hybridized carbons (Fsp3) is 0.0500. The minimum absolute atomic E-state index is 0.980. The monoisotopic (exact) mass is 286 g/mol. The second kappa shape index (κ2) is 6.72. The van der Waals surface area contributed by atoms with Crippen LogP contribution < -0.4 is 5.01 Å². The SMILES string of the molecule is C/C(=N\N(c1ccccc1)c1ccccc1)c1ccccc1. The zero-order valence-electron chi connectivity index (χ0n) is 12.6. The first-order valence-electron chi connectivity index (χ1n) is 7.35. The minimum Gasteiger partial charge on any atom is -0.234 e. The van der Waals surface area contributed by atoms with Gasteiger partial charge in [-0.15, -0.1) is 0 Å². The third kappa shape index (κ3) is 3.23. The topological polar surface area (TPSA) is 15.6 Å². The van der Waals surface area contributed by atoms with Gasteiger partial charge < -0.3 is 0 Å². The lowest BCUT2D eigenvalue weighted by atomic mass is 10.1. The number of para-hydroxylation sites is 2. The molecule has 0 unspecified atom stereocenters. The molecular formula is C20H18N2. The van der Waals surface area contributed by atoms with Gasteiger partial charge in [0, 0.05) is 0 Å². The average molecular weight is 286 g/mol. The van der Waals surface area contributed by atoms with Crippen LogP contribution in [0.2, 0.25) is 0 Å². The fourth-order valence-electron chi connectivity index (χ4n) is 2.29. The van der Waals surface area contributed by atoms with Crippen molar-refractivity contribution in [3.05, 3.63) is 96.6 Å². The molecule has 3 rings (SSSR count). The summed E-state index contributed by atoms with van der Waals surface area (Å²) in [4.78, 5) is 0. The smallest absolute Gasteiger partial charge is 0.0655 e. The minimum atomic E-state index is 0.980. The van der Waals surface area contributed by atoms with E-state index in [4.69, 9.17) is 5.10 Å². The molecular weight excluding hydrogens is 268 g/mol. The van der Waals surface area contributed by atoms with Gasteiger partial charge in [0.1, 0.15) is 0 Å².